The summed E-state index contributed by atoms with van der Waals surface area (Å²) in [5.74, 6) is 1.11. The van der Waals surface area contributed by atoms with Crippen molar-refractivity contribution in [1.82, 2.24) is 0 Å². The number of halogens is 1. The maximum absolute atomic E-state index is 11.7. The van der Waals surface area contributed by atoms with Crippen LogP contribution in [-0.4, -0.2) is 26.3 Å². The quantitative estimate of drug-likeness (QED) is 0.574. The lowest BCUT2D eigenvalue weighted by molar-refractivity contribution is 0.0526. The van der Waals surface area contributed by atoms with E-state index in [-0.39, 0.29) is 5.97 Å². The van der Waals surface area contributed by atoms with E-state index in [1.807, 2.05) is 24.3 Å². The second kappa shape index (κ2) is 10.1. The Kier molecular flexibility index (Phi) is 7.78. The monoisotopic (exact) mass is 421 g/mol. The summed E-state index contributed by atoms with van der Waals surface area (Å²) in [6.07, 6.45) is 0.931. The SMILES string of the molecule is CCCOc1c(Br)cc(CNc2ccc(C(=O)OCC)cc2)cc1OC. The van der Waals surface area contributed by atoms with E-state index in [1.165, 1.54) is 0 Å². The third kappa shape index (κ3) is 5.39. The van der Waals surface area contributed by atoms with Gasteiger partial charge in [-0.3, -0.25) is 0 Å². The largest absolute Gasteiger partial charge is 0.493 e. The number of carbonyl (C=O) groups is 1. The molecule has 26 heavy (non-hydrogen) atoms. The molecule has 0 fully saturated rings. The molecule has 0 aromatic heterocycles. The van der Waals surface area contributed by atoms with Gasteiger partial charge in [-0.2, -0.15) is 0 Å². The molecule has 0 saturated carbocycles. The predicted octanol–water partition coefficient (Wildman–Crippen LogP) is 5.04. The van der Waals surface area contributed by atoms with Crippen molar-refractivity contribution < 1.29 is 19.0 Å². The summed E-state index contributed by atoms with van der Waals surface area (Å²) < 4.78 is 17.0. The van der Waals surface area contributed by atoms with Gasteiger partial charge >= 0.3 is 5.97 Å². The summed E-state index contributed by atoms with van der Waals surface area (Å²) in [6, 6.07) is 11.2. The number of hydrogen-bond donors (Lipinski definition) is 1. The van der Waals surface area contributed by atoms with Crippen molar-refractivity contribution >= 4 is 27.6 Å². The molecule has 2 aromatic rings. The Morgan fingerprint density at radius 3 is 2.50 bits per heavy atom. The van der Waals surface area contributed by atoms with Crippen molar-refractivity contribution in [1.29, 1.82) is 0 Å². The van der Waals surface area contributed by atoms with Gasteiger partial charge in [0.15, 0.2) is 11.5 Å². The first-order chi connectivity index (χ1) is 12.6. The first kappa shape index (κ1) is 20.1. The zero-order chi connectivity index (χ0) is 18.9. The molecule has 0 bridgehead atoms. The van der Waals surface area contributed by atoms with Crippen LogP contribution < -0.4 is 14.8 Å². The highest BCUT2D eigenvalue weighted by molar-refractivity contribution is 9.10. The van der Waals surface area contributed by atoms with E-state index in [4.69, 9.17) is 14.2 Å². The maximum atomic E-state index is 11.7. The summed E-state index contributed by atoms with van der Waals surface area (Å²) in [5.41, 5.74) is 2.51. The molecule has 0 unspecified atom stereocenters. The zero-order valence-corrected chi connectivity index (χ0v) is 16.9. The van der Waals surface area contributed by atoms with E-state index < -0.39 is 0 Å². The van der Waals surface area contributed by atoms with Gasteiger partial charge in [-0.05, 0) is 71.2 Å². The lowest BCUT2D eigenvalue weighted by Gasteiger charge is -2.15. The molecule has 6 heteroatoms. The van der Waals surface area contributed by atoms with Crippen LogP contribution in [0.5, 0.6) is 11.5 Å². The molecule has 140 valence electrons. The van der Waals surface area contributed by atoms with Gasteiger partial charge in [0.1, 0.15) is 0 Å². The molecule has 0 heterocycles. The van der Waals surface area contributed by atoms with Crippen molar-refractivity contribution in [2.45, 2.75) is 26.8 Å². The van der Waals surface area contributed by atoms with E-state index in [9.17, 15) is 4.79 Å². The maximum Gasteiger partial charge on any atom is 0.338 e. The van der Waals surface area contributed by atoms with Crippen LogP contribution in [0.3, 0.4) is 0 Å². The molecule has 2 aromatic carbocycles. The first-order valence-electron chi connectivity index (χ1n) is 8.59. The van der Waals surface area contributed by atoms with E-state index >= 15 is 0 Å². The van der Waals surface area contributed by atoms with Crippen molar-refractivity contribution in [3.8, 4) is 11.5 Å². The number of nitrogens with one attached hydrogen (secondary N) is 1. The Morgan fingerprint density at radius 2 is 1.88 bits per heavy atom. The van der Waals surface area contributed by atoms with Crippen molar-refractivity contribution in [2.24, 2.45) is 0 Å². The van der Waals surface area contributed by atoms with Crippen molar-refractivity contribution in [3.63, 3.8) is 0 Å². The van der Waals surface area contributed by atoms with Crippen LogP contribution in [0.4, 0.5) is 5.69 Å². The number of ether oxygens (including phenoxy) is 3. The van der Waals surface area contributed by atoms with Gasteiger partial charge in [-0.15, -0.1) is 0 Å². The molecule has 0 amide bonds. The van der Waals surface area contributed by atoms with Gasteiger partial charge in [0.05, 0.1) is 30.4 Å². The smallest absolute Gasteiger partial charge is 0.338 e. The minimum Gasteiger partial charge on any atom is -0.493 e. The lowest BCUT2D eigenvalue weighted by Crippen LogP contribution is -2.05. The van der Waals surface area contributed by atoms with E-state index in [0.717, 1.165) is 27.9 Å². The number of carbonyl (C=O) groups excluding carboxylic acids is 1. The van der Waals surface area contributed by atoms with Crippen LogP contribution in [0.25, 0.3) is 0 Å². The molecule has 0 radical (unpaired) electrons. The molecule has 0 aliphatic rings. The van der Waals surface area contributed by atoms with Gasteiger partial charge < -0.3 is 19.5 Å². The number of methoxy groups -OCH3 is 1. The van der Waals surface area contributed by atoms with Crippen LogP contribution in [0, 0.1) is 0 Å². The van der Waals surface area contributed by atoms with E-state index in [1.54, 1.807) is 26.2 Å². The third-order valence-electron chi connectivity index (χ3n) is 3.63. The normalized spacial score (nSPS) is 10.3. The molecular formula is C20H24BrNO4. The Balaban J connectivity index is 2.05. The Hall–Kier alpha value is -2.21. The molecule has 0 atom stereocenters. The summed E-state index contributed by atoms with van der Waals surface area (Å²) >= 11 is 3.55. The van der Waals surface area contributed by atoms with Crippen LogP contribution >= 0.6 is 15.9 Å². The molecule has 2 rings (SSSR count). The zero-order valence-electron chi connectivity index (χ0n) is 15.3. The van der Waals surface area contributed by atoms with Crippen LogP contribution in [-0.2, 0) is 11.3 Å². The predicted molar refractivity (Wildman–Crippen MR) is 106 cm³/mol. The number of rotatable bonds is 9. The van der Waals surface area contributed by atoms with Crippen LogP contribution in [0.1, 0.15) is 36.2 Å². The minimum absolute atomic E-state index is 0.310. The fraction of sp³-hybridized carbons (Fsp3) is 0.350. The Labute approximate surface area is 162 Å². The fourth-order valence-corrected chi connectivity index (χ4v) is 2.97. The summed E-state index contributed by atoms with van der Waals surface area (Å²) in [4.78, 5) is 11.7. The second-order valence-corrected chi connectivity index (χ2v) is 6.46. The molecule has 0 aliphatic heterocycles. The Morgan fingerprint density at radius 1 is 1.15 bits per heavy atom. The van der Waals surface area contributed by atoms with E-state index in [2.05, 4.69) is 28.2 Å². The molecule has 0 saturated heterocycles. The molecule has 0 spiro atoms. The number of esters is 1. The molecule has 5 nitrogen and oxygen atoms in total. The standard InChI is InChI=1S/C20H24BrNO4/c1-4-10-26-19-17(21)11-14(12-18(19)24-3)13-22-16-8-6-15(7-9-16)20(23)25-5-2/h6-9,11-12,22H,4-5,10,13H2,1-3H3. The average Bonchev–Trinajstić information content (AvgIpc) is 2.65. The Bertz CT molecular complexity index is 731. The molecular weight excluding hydrogens is 398 g/mol. The highest BCUT2D eigenvalue weighted by Crippen LogP contribution is 2.37. The molecule has 0 aliphatic carbocycles. The second-order valence-electron chi connectivity index (χ2n) is 5.61. The topological polar surface area (TPSA) is 56.8 Å². The van der Waals surface area contributed by atoms with Crippen LogP contribution in [0.15, 0.2) is 40.9 Å². The minimum atomic E-state index is -0.310. The van der Waals surface area contributed by atoms with Gasteiger partial charge in [0, 0.05) is 12.2 Å². The van der Waals surface area contributed by atoms with Crippen molar-refractivity contribution in [3.05, 3.63) is 52.0 Å². The number of benzene rings is 2. The summed E-state index contributed by atoms with van der Waals surface area (Å²) in [5, 5.41) is 3.33. The van der Waals surface area contributed by atoms with Gasteiger partial charge in [0.2, 0.25) is 0 Å². The van der Waals surface area contributed by atoms with Gasteiger partial charge in [-0.25, -0.2) is 4.79 Å². The summed E-state index contributed by atoms with van der Waals surface area (Å²) in [7, 11) is 1.63. The van der Waals surface area contributed by atoms with Gasteiger partial charge in [0.25, 0.3) is 0 Å². The number of hydrogen-bond acceptors (Lipinski definition) is 5. The number of anilines is 1. The fourth-order valence-electron chi connectivity index (χ4n) is 2.36. The van der Waals surface area contributed by atoms with Gasteiger partial charge in [-0.1, -0.05) is 6.92 Å². The van der Waals surface area contributed by atoms with Crippen LogP contribution in [0.2, 0.25) is 0 Å². The third-order valence-corrected chi connectivity index (χ3v) is 4.22. The lowest BCUT2D eigenvalue weighted by atomic mass is 10.1. The first-order valence-corrected chi connectivity index (χ1v) is 9.38. The average molecular weight is 422 g/mol. The molecule has 1 N–H and O–H groups in total. The summed E-state index contributed by atoms with van der Waals surface area (Å²) in [6.45, 7) is 5.47. The highest BCUT2D eigenvalue weighted by atomic mass is 79.9. The van der Waals surface area contributed by atoms with Crippen molar-refractivity contribution in [2.75, 3.05) is 25.6 Å². The highest BCUT2D eigenvalue weighted by Gasteiger charge is 2.12. The van der Waals surface area contributed by atoms with E-state index in [0.29, 0.717) is 31.1 Å².